The molecule has 0 radical (unpaired) electrons. The number of rotatable bonds is 6. The lowest BCUT2D eigenvalue weighted by Crippen LogP contribution is -2.41. The molecule has 0 aliphatic rings. The van der Waals surface area contributed by atoms with E-state index in [-0.39, 0.29) is 6.04 Å². The number of ether oxygens (including phenoxy) is 1. The molecular weight excluding hydrogens is 284 g/mol. The lowest BCUT2D eigenvalue weighted by atomic mass is 10.2. The average molecular weight is 301 g/mol. The third kappa shape index (κ3) is 4.40. The Labute approximate surface area is 120 Å². The molecule has 0 fully saturated rings. The lowest BCUT2D eigenvalue weighted by molar-refractivity contribution is -0.128. The molecule has 1 amide bonds. The van der Waals surface area contributed by atoms with E-state index in [0.29, 0.717) is 18.6 Å². The summed E-state index contributed by atoms with van der Waals surface area (Å²) >= 11 is 0. The fourth-order valence-electron chi connectivity index (χ4n) is 1.49. The number of halogens is 2. The number of carbonyl (C=O) groups excluding carboxylic acids is 1. The molecule has 1 aromatic rings. The van der Waals surface area contributed by atoms with Gasteiger partial charge in [0, 0.05) is 6.04 Å². The minimum absolute atomic E-state index is 0.0902. The van der Waals surface area contributed by atoms with Crippen molar-refractivity contribution in [1.82, 2.24) is 5.32 Å². The second-order valence-corrected chi connectivity index (χ2v) is 4.65. The van der Waals surface area contributed by atoms with E-state index in [2.05, 4.69) is 5.32 Å². The smallest absolute Gasteiger partial charge is 0.335 e. The van der Waals surface area contributed by atoms with Gasteiger partial charge >= 0.3 is 5.97 Å². The quantitative estimate of drug-likeness (QED) is 0.845. The summed E-state index contributed by atoms with van der Waals surface area (Å²) < 4.78 is 32.3. The van der Waals surface area contributed by atoms with E-state index in [1.54, 1.807) is 6.92 Å². The number of hydrogen-bond acceptors (Lipinski definition) is 3. The molecule has 116 valence electrons. The Morgan fingerprint density at radius 2 is 1.81 bits per heavy atom. The summed E-state index contributed by atoms with van der Waals surface area (Å²) in [6, 6.07) is 1.19. The summed E-state index contributed by atoms with van der Waals surface area (Å²) in [5.41, 5.74) is -0.533. The van der Waals surface area contributed by atoms with Gasteiger partial charge in [-0.25, -0.2) is 13.6 Å². The maximum Gasteiger partial charge on any atom is 0.335 e. The number of benzene rings is 1. The van der Waals surface area contributed by atoms with Gasteiger partial charge in [0.15, 0.2) is 23.5 Å². The molecule has 1 aromatic carbocycles. The SMILES string of the molecule is CCC(C)NC(=O)C(C)Oc1c(F)cc(C(=O)O)cc1F. The lowest BCUT2D eigenvalue weighted by Gasteiger charge is -2.18. The molecule has 2 atom stereocenters. The number of carboxylic acids is 1. The second-order valence-electron chi connectivity index (χ2n) is 4.65. The van der Waals surface area contributed by atoms with Crippen LogP contribution in [0, 0.1) is 11.6 Å². The van der Waals surface area contributed by atoms with Crippen LogP contribution in [0.5, 0.6) is 5.75 Å². The predicted octanol–water partition coefficient (Wildman–Crippen LogP) is 2.34. The Balaban J connectivity index is 2.88. The van der Waals surface area contributed by atoms with Crippen molar-refractivity contribution in [2.75, 3.05) is 0 Å². The predicted molar refractivity (Wildman–Crippen MR) is 71.3 cm³/mol. The Bertz CT molecular complexity index is 525. The summed E-state index contributed by atoms with van der Waals surface area (Å²) in [4.78, 5) is 22.4. The number of hydrogen-bond donors (Lipinski definition) is 2. The number of aromatic carboxylic acids is 1. The minimum Gasteiger partial charge on any atom is -0.478 e. The highest BCUT2D eigenvalue weighted by Crippen LogP contribution is 2.24. The van der Waals surface area contributed by atoms with Crippen LogP contribution in [-0.2, 0) is 4.79 Å². The highest BCUT2D eigenvalue weighted by Gasteiger charge is 2.22. The van der Waals surface area contributed by atoms with Gasteiger partial charge in [-0.1, -0.05) is 6.92 Å². The molecule has 0 aromatic heterocycles. The van der Waals surface area contributed by atoms with Gasteiger partial charge in [0.25, 0.3) is 5.91 Å². The number of carboxylic acid groups (broad SMARTS) is 1. The van der Waals surface area contributed by atoms with E-state index in [0.717, 1.165) is 0 Å². The van der Waals surface area contributed by atoms with Gasteiger partial charge in [0.2, 0.25) is 0 Å². The van der Waals surface area contributed by atoms with E-state index in [1.807, 2.05) is 6.92 Å². The maximum absolute atomic E-state index is 13.7. The Morgan fingerprint density at radius 1 is 1.29 bits per heavy atom. The molecule has 2 unspecified atom stereocenters. The standard InChI is InChI=1S/C14H17F2NO4/c1-4-7(2)17-13(18)8(3)21-12-10(15)5-9(14(19)20)6-11(12)16/h5-8H,4H2,1-3H3,(H,17,18)(H,19,20). The van der Waals surface area contributed by atoms with Crippen LogP contribution in [0.25, 0.3) is 0 Å². The molecule has 21 heavy (non-hydrogen) atoms. The molecule has 5 nitrogen and oxygen atoms in total. The Morgan fingerprint density at radius 3 is 2.24 bits per heavy atom. The van der Waals surface area contributed by atoms with Crippen molar-refractivity contribution in [3.05, 3.63) is 29.3 Å². The van der Waals surface area contributed by atoms with Crippen LogP contribution >= 0.6 is 0 Å². The van der Waals surface area contributed by atoms with Crippen molar-refractivity contribution in [3.8, 4) is 5.75 Å². The third-order valence-corrected chi connectivity index (χ3v) is 2.91. The highest BCUT2D eigenvalue weighted by atomic mass is 19.1. The van der Waals surface area contributed by atoms with Gasteiger partial charge in [-0.05, 0) is 32.4 Å². The van der Waals surface area contributed by atoms with Gasteiger partial charge in [-0.2, -0.15) is 0 Å². The van der Waals surface area contributed by atoms with Crippen LogP contribution < -0.4 is 10.1 Å². The second kappa shape index (κ2) is 7.01. The van der Waals surface area contributed by atoms with Gasteiger partial charge in [-0.15, -0.1) is 0 Å². The summed E-state index contributed by atoms with van der Waals surface area (Å²) in [5.74, 6) is -5.08. The fourth-order valence-corrected chi connectivity index (χ4v) is 1.49. The van der Waals surface area contributed by atoms with Crippen LogP contribution in [0.15, 0.2) is 12.1 Å². The first-order valence-corrected chi connectivity index (χ1v) is 6.45. The zero-order valence-electron chi connectivity index (χ0n) is 11.9. The van der Waals surface area contributed by atoms with Crippen LogP contribution in [0.4, 0.5) is 8.78 Å². The molecule has 2 N–H and O–H groups in total. The van der Waals surface area contributed by atoms with Crippen LogP contribution in [0.3, 0.4) is 0 Å². The molecule has 0 aliphatic heterocycles. The van der Waals surface area contributed by atoms with E-state index in [4.69, 9.17) is 9.84 Å². The molecule has 0 heterocycles. The summed E-state index contributed by atoms with van der Waals surface area (Å²) in [6.45, 7) is 5.01. The summed E-state index contributed by atoms with van der Waals surface area (Å²) in [6.07, 6.45) is -0.409. The van der Waals surface area contributed by atoms with Gasteiger partial charge in [0.05, 0.1) is 5.56 Å². The van der Waals surface area contributed by atoms with Crippen LogP contribution in [0.2, 0.25) is 0 Å². The Hall–Kier alpha value is -2.18. The normalized spacial score (nSPS) is 13.4. The van der Waals surface area contributed by atoms with E-state index >= 15 is 0 Å². The maximum atomic E-state index is 13.7. The molecule has 0 saturated carbocycles. The first-order chi connectivity index (χ1) is 9.76. The number of nitrogens with one attached hydrogen (secondary N) is 1. The van der Waals surface area contributed by atoms with Crippen molar-refractivity contribution >= 4 is 11.9 Å². The van der Waals surface area contributed by atoms with Crippen molar-refractivity contribution in [2.24, 2.45) is 0 Å². The third-order valence-electron chi connectivity index (χ3n) is 2.91. The number of carbonyl (C=O) groups is 2. The Kier molecular flexibility index (Phi) is 5.63. The molecule has 0 aliphatic carbocycles. The fraction of sp³-hybridized carbons (Fsp3) is 0.429. The summed E-state index contributed by atoms with van der Waals surface area (Å²) in [7, 11) is 0. The van der Waals surface area contributed by atoms with Crippen LogP contribution in [0.1, 0.15) is 37.6 Å². The minimum atomic E-state index is -1.46. The zero-order chi connectivity index (χ0) is 16.2. The monoisotopic (exact) mass is 301 g/mol. The van der Waals surface area contributed by atoms with Gasteiger partial charge in [-0.3, -0.25) is 4.79 Å². The average Bonchev–Trinajstić information content (AvgIpc) is 2.41. The summed E-state index contributed by atoms with van der Waals surface area (Å²) in [5, 5.41) is 11.3. The molecule has 0 bridgehead atoms. The van der Waals surface area contributed by atoms with E-state index in [9.17, 15) is 18.4 Å². The number of amides is 1. The van der Waals surface area contributed by atoms with Crippen molar-refractivity contribution in [3.63, 3.8) is 0 Å². The van der Waals surface area contributed by atoms with Gasteiger partial charge in [0.1, 0.15) is 0 Å². The molecule has 7 heteroatoms. The van der Waals surface area contributed by atoms with Crippen molar-refractivity contribution in [1.29, 1.82) is 0 Å². The highest BCUT2D eigenvalue weighted by molar-refractivity contribution is 5.87. The van der Waals surface area contributed by atoms with E-state index in [1.165, 1.54) is 6.92 Å². The topological polar surface area (TPSA) is 75.6 Å². The van der Waals surface area contributed by atoms with Crippen molar-refractivity contribution in [2.45, 2.75) is 39.3 Å². The zero-order valence-corrected chi connectivity index (χ0v) is 11.9. The largest absolute Gasteiger partial charge is 0.478 e. The van der Waals surface area contributed by atoms with Gasteiger partial charge < -0.3 is 15.2 Å². The van der Waals surface area contributed by atoms with Crippen LogP contribution in [-0.4, -0.2) is 29.1 Å². The molecule has 0 spiro atoms. The van der Waals surface area contributed by atoms with E-state index < -0.39 is 40.9 Å². The molecular formula is C14H17F2NO4. The molecule has 1 rings (SSSR count). The first-order valence-electron chi connectivity index (χ1n) is 6.45. The molecule has 0 saturated heterocycles. The first kappa shape index (κ1) is 16.9. The van der Waals surface area contributed by atoms with Crippen molar-refractivity contribution < 1.29 is 28.2 Å².